The quantitative estimate of drug-likeness (QED) is 0.836. The first kappa shape index (κ1) is 13.9. The molecule has 0 radical (unpaired) electrons. The van der Waals surface area contributed by atoms with Crippen LogP contribution in [-0.4, -0.2) is 24.2 Å². The third kappa shape index (κ3) is 3.35. The molecule has 1 aromatic carbocycles. The number of hydrogen-bond acceptors (Lipinski definition) is 3. The van der Waals surface area contributed by atoms with Crippen LogP contribution in [0, 0.1) is 0 Å². The van der Waals surface area contributed by atoms with Crippen molar-refractivity contribution in [1.82, 2.24) is 4.98 Å². The zero-order valence-corrected chi connectivity index (χ0v) is 12.5. The van der Waals surface area contributed by atoms with Crippen LogP contribution in [-0.2, 0) is 6.42 Å². The van der Waals surface area contributed by atoms with Crippen LogP contribution < -0.4 is 9.64 Å². The molecule has 2 aromatic rings. The molecule has 3 rings (SSSR count). The largest absolute Gasteiger partial charge is 0.485 e. The molecule has 0 bridgehead atoms. The van der Waals surface area contributed by atoms with Gasteiger partial charge in [-0.05, 0) is 30.5 Å². The number of hydrogen-bond donors (Lipinski definition) is 0. The Labute approximate surface area is 126 Å². The van der Waals surface area contributed by atoms with E-state index in [1.165, 1.54) is 5.56 Å². The van der Waals surface area contributed by atoms with E-state index in [1.54, 1.807) is 0 Å². The third-order valence-corrected chi connectivity index (χ3v) is 3.89. The molecule has 0 spiro atoms. The first-order chi connectivity index (χ1) is 10.4. The van der Waals surface area contributed by atoms with Gasteiger partial charge in [-0.25, -0.2) is 4.98 Å². The fourth-order valence-electron chi connectivity index (χ4n) is 2.84. The van der Waals surface area contributed by atoms with Crippen molar-refractivity contribution in [2.75, 3.05) is 18.0 Å². The highest BCUT2D eigenvalue weighted by atomic mass is 16.5. The van der Waals surface area contributed by atoms with Crippen LogP contribution in [0.3, 0.4) is 0 Å². The fourth-order valence-corrected chi connectivity index (χ4v) is 2.84. The van der Waals surface area contributed by atoms with Crippen LogP contribution in [0.5, 0.6) is 5.75 Å². The van der Waals surface area contributed by atoms with Crippen molar-refractivity contribution in [1.29, 1.82) is 0 Å². The van der Waals surface area contributed by atoms with Crippen LogP contribution in [0.15, 0.2) is 48.7 Å². The van der Waals surface area contributed by atoms with Gasteiger partial charge in [-0.2, -0.15) is 0 Å². The molecule has 0 saturated carbocycles. The second-order valence-corrected chi connectivity index (χ2v) is 5.54. The number of nitrogens with zero attached hydrogens (tertiary/aromatic N) is 2. The van der Waals surface area contributed by atoms with Gasteiger partial charge in [0, 0.05) is 12.7 Å². The molecule has 0 aliphatic carbocycles. The van der Waals surface area contributed by atoms with Gasteiger partial charge in [0.05, 0.1) is 6.54 Å². The lowest BCUT2D eigenvalue weighted by molar-refractivity contribution is 0.181. The van der Waals surface area contributed by atoms with Gasteiger partial charge in [-0.1, -0.05) is 43.7 Å². The van der Waals surface area contributed by atoms with Crippen LogP contribution in [0.2, 0.25) is 0 Å². The summed E-state index contributed by atoms with van der Waals surface area (Å²) >= 11 is 0. The Morgan fingerprint density at radius 3 is 2.86 bits per heavy atom. The van der Waals surface area contributed by atoms with Crippen molar-refractivity contribution in [3.63, 3.8) is 0 Å². The number of pyridine rings is 1. The summed E-state index contributed by atoms with van der Waals surface area (Å²) in [5, 5.41) is 0. The maximum Gasteiger partial charge on any atom is 0.171 e. The first-order valence-corrected chi connectivity index (χ1v) is 7.77. The van der Waals surface area contributed by atoms with E-state index in [0.29, 0.717) is 0 Å². The SMILES string of the molecule is CCCC1CN(CCc2ccccc2)c2ncccc2O1. The molecule has 1 unspecified atom stereocenters. The van der Waals surface area contributed by atoms with Crippen molar-refractivity contribution in [3.8, 4) is 5.75 Å². The molecule has 1 aromatic heterocycles. The van der Waals surface area contributed by atoms with Crippen LogP contribution in [0.4, 0.5) is 5.82 Å². The molecule has 2 heterocycles. The molecule has 21 heavy (non-hydrogen) atoms. The molecule has 1 aliphatic rings. The average molecular weight is 282 g/mol. The van der Waals surface area contributed by atoms with Crippen molar-refractivity contribution < 1.29 is 4.74 Å². The van der Waals surface area contributed by atoms with Crippen molar-refractivity contribution in [2.45, 2.75) is 32.3 Å². The van der Waals surface area contributed by atoms with Gasteiger partial charge in [0.2, 0.25) is 0 Å². The Hall–Kier alpha value is -2.03. The van der Waals surface area contributed by atoms with E-state index in [2.05, 4.69) is 47.1 Å². The summed E-state index contributed by atoms with van der Waals surface area (Å²) in [4.78, 5) is 6.88. The van der Waals surface area contributed by atoms with E-state index >= 15 is 0 Å². The molecule has 1 atom stereocenters. The molecule has 0 N–H and O–H groups in total. The van der Waals surface area contributed by atoms with Crippen molar-refractivity contribution in [3.05, 3.63) is 54.2 Å². The smallest absolute Gasteiger partial charge is 0.171 e. The highest BCUT2D eigenvalue weighted by Crippen LogP contribution is 2.31. The predicted molar refractivity (Wildman–Crippen MR) is 85.9 cm³/mol. The standard InChI is InChI=1S/C18H22N2O/c1-2-7-16-14-20(13-11-15-8-4-3-5-9-15)18-17(21-16)10-6-12-19-18/h3-6,8-10,12,16H,2,7,11,13-14H2,1H3. The Balaban J connectivity index is 1.73. The topological polar surface area (TPSA) is 25.4 Å². The fraction of sp³-hybridized carbons (Fsp3) is 0.389. The lowest BCUT2D eigenvalue weighted by Gasteiger charge is -2.35. The Kier molecular flexibility index (Phi) is 4.39. The summed E-state index contributed by atoms with van der Waals surface area (Å²) in [5.41, 5.74) is 1.37. The second kappa shape index (κ2) is 6.61. The number of rotatable bonds is 5. The molecular formula is C18H22N2O. The molecule has 1 aliphatic heterocycles. The summed E-state index contributed by atoms with van der Waals surface area (Å²) in [6.07, 6.45) is 5.40. The number of benzene rings is 1. The van der Waals surface area contributed by atoms with Gasteiger partial charge < -0.3 is 9.64 Å². The van der Waals surface area contributed by atoms with E-state index in [0.717, 1.165) is 43.9 Å². The Morgan fingerprint density at radius 2 is 2.05 bits per heavy atom. The molecule has 3 nitrogen and oxygen atoms in total. The van der Waals surface area contributed by atoms with E-state index in [-0.39, 0.29) is 6.10 Å². The van der Waals surface area contributed by atoms with Crippen molar-refractivity contribution in [2.24, 2.45) is 0 Å². The zero-order valence-electron chi connectivity index (χ0n) is 12.5. The van der Waals surface area contributed by atoms with Crippen LogP contribution in [0.25, 0.3) is 0 Å². The second-order valence-electron chi connectivity index (χ2n) is 5.54. The molecule has 0 saturated heterocycles. The summed E-state index contributed by atoms with van der Waals surface area (Å²) < 4.78 is 6.05. The lowest BCUT2D eigenvalue weighted by Crippen LogP contribution is -2.41. The number of fused-ring (bicyclic) bond motifs is 1. The van der Waals surface area contributed by atoms with Crippen molar-refractivity contribution >= 4 is 5.82 Å². The summed E-state index contributed by atoms with van der Waals surface area (Å²) in [6, 6.07) is 14.6. The van der Waals surface area contributed by atoms with Gasteiger partial charge in [-0.15, -0.1) is 0 Å². The third-order valence-electron chi connectivity index (χ3n) is 3.89. The molecule has 0 amide bonds. The number of ether oxygens (including phenoxy) is 1. The maximum atomic E-state index is 6.05. The predicted octanol–water partition coefficient (Wildman–Crippen LogP) is 3.69. The lowest BCUT2D eigenvalue weighted by atomic mass is 10.1. The van der Waals surface area contributed by atoms with Gasteiger partial charge in [0.15, 0.2) is 11.6 Å². The molecule has 0 fully saturated rings. The van der Waals surface area contributed by atoms with E-state index in [4.69, 9.17) is 4.74 Å². The van der Waals surface area contributed by atoms with E-state index in [9.17, 15) is 0 Å². The number of anilines is 1. The average Bonchev–Trinajstić information content (AvgIpc) is 2.54. The maximum absolute atomic E-state index is 6.05. The van der Waals surface area contributed by atoms with Gasteiger partial charge >= 0.3 is 0 Å². The van der Waals surface area contributed by atoms with Crippen LogP contribution >= 0.6 is 0 Å². The first-order valence-electron chi connectivity index (χ1n) is 7.77. The Bertz CT molecular complexity index is 570. The minimum Gasteiger partial charge on any atom is -0.485 e. The van der Waals surface area contributed by atoms with Gasteiger partial charge in [-0.3, -0.25) is 0 Å². The molecular weight excluding hydrogens is 260 g/mol. The highest BCUT2D eigenvalue weighted by molar-refractivity contribution is 5.54. The zero-order chi connectivity index (χ0) is 14.5. The van der Waals surface area contributed by atoms with Gasteiger partial charge in [0.1, 0.15) is 6.10 Å². The minimum absolute atomic E-state index is 0.280. The summed E-state index contributed by atoms with van der Waals surface area (Å²) in [6.45, 7) is 4.12. The van der Waals surface area contributed by atoms with Crippen LogP contribution in [0.1, 0.15) is 25.3 Å². The normalized spacial score (nSPS) is 17.2. The summed E-state index contributed by atoms with van der Waals surface area (Å²) in [5.74, 6) is 1.91. The van der Waals surface area contributed by atoms with E-state index in [1.807, 2.05) is 18.3 Å². The highest BCUT2D eigenvalue weighted by Gasteiger charge is 2.25. The number of aromatic nitrogens is 1. The molecule has 110 valence electrons. The summed E-state index contributed by atoms with van der Waals surface area (Å²) in [7, 11) is 0. The minimum atomic E-state index is 0.280. The van der Waals surface area contributed by atoms with Gasteiger partial charge in [0.25, 0.3) is 0 Å². The van der Waals surface area contributed by atoms with E-state index < -0.39 is 0 Å². The monoisotopic (exact) mass is 282 g/mol. The molecule has 3 heteroatoms. The Morgan fingerprint density at radius 1 is 1.19 bits per heavy atom.